The van der Waals surface area contributed by atoms with Crippen molar-refractivity contribution in [1.29, 1.82) is 0 Å². The minimum atomic E-state index is -0.396. The van der Waals surface area contributed by atoms with Gasteiger partial charge in [0, 0.05) is 12.6 Å². The Labute approximate surface area is 118 Å². The van der Waals surface area contributed by atoms with E-state index in [1.165, 1.54) is 0 Å². The highest BCUT2D eigenvalue weighted by atomic mass is 127. The number of hydrogen-bond donors (Lipinski definition) is 0. The Balaban J connectivity index is 2.48. The molecule has 98 valence electrons. The van der Waals surface area contributed by atoms with Crippen LogP contribution in [0.15, 0.2) is 10.2 Å². The molecule has 0 aromatic rings. The van der Waals surface area contributed by atoms with Crippen molar-refractivity contribution in [1.82, 2.24) is 4.90 Å². The van der Waals surface area contributed by atoms with E-state index in [-0.39, 0.29) is 6.09 Å². The normalized spacial score (nSPS) is 21.2. The summed E-state index contributed by atoms with van der Waals surface area (Å²) in [6.07, 6.45) is 6.27. The number of ether oxygens (including phenoxy) is 1. The van der Waals surface area contributed by atoms with Crippen molar-refractivity contribution >= 4 is 28.7 Å². The molecule has 0 bridgehead atoms. The molecule has 17 heavy (non-hydrogen) atoms. The molecule has 4 heteroatoms. The van der Waals surface area contributed by atoms with Gasteiger partial charge in [0.15, 0.2) is 0 Å². The lowest BCUT2D eigenvalue weighted by atomic mass is 10.1. The summed E-state index contributed by atoms with van der Waals surface area (Å²) in [5.41, 5.74) is -0.396. The summed E-state index contributed by atoms with van der Waals surface area (Å²) in [6, 6.07) is 0.359. The molecule has 0 saturated carbocycles. The molecule has 1 saturated heterocycles. The van der Waals surface area contributed by atoms with E-state index in [1.54, 1.807) is 0 Å². The van der Waals surface area contributed by atoms with Gasteiger partial charge in [0.1, 0.15) is 5.60 Å². The van der Waals surface area contributed by atoms with Gasteiger partial charge in [-0.3, -0.25) is 0 Å². The molecule has 1 rings (SSSR count). The topological polar surface area (TPSA) is 29.5 Å². The Bertz CT molecular complexity index is 284. The third-order valence-corrected chi connectivity index (χ3v) is 3.27. The van der Waals surface area contributed by atoms with Crippen LogP contribution in [0.3, 0.4) is 0 Å². The smallest absolute Gasteiger partial charge is 0.410 e. The Morgan fingerprint density at radius 2 is 2.24 bits per heavy atom. The van der Waals surface area contributed by atoms with Crippen LogP contribution in [0.25, 0.3) is 0 Å². The van der Waals surface area contributed by atoms with Gasteiger partial charge in [0.05, 0.1) is 0 Å². The summed E-state index contributed by atoms with van der Waals surface area (Å²) in [5, 5.41) is 0. The summed E-state index contributed by atoms with van der Waals surface area (Å²) >= 11 is 2.22. The Hall–Kier alpha value is -0.260. The van der Waals surface area contributed by atoms with Crippen molar-refractivity contribution in [2.24, 2.45) is 0 Å². The van der Waals surface area contributed by atoms with Gasteiger partial charge in [-0.1, -0.05) is 28.7 Å². The molecular weight excluding hydrogens is 329 g/mol. The number of likely N-dealkylation sites (tertiary alicyclic amines) is 1. The van der Waals surface area contributed by atoms with E-state index in [9.17, 15) is 4.79 Å². The zero-order valence-electron chi connectivity index (χ0n) is 10.9. The second-order valence-corrected chi connectivity index (χ2v) is 6.13. The summed E-state index contributed by atoms with van der Waals surface area (Å²) < 4.78 is 7.46. The molecule has 1 aliphatic rings. The molecule has 0 N–H and O–H groups in total. The first-order valence-corrected chi connectivity index (χ1v) is 7.43. The number of allylic oxidation sites excluding steroid dienone is 1. The van der Waals surface area contributed by atoms with E-state index in [1.807, 2.05) is 29.8 Å². The van der Waals surface area contributed by atoms with E-state index < -0.39 is 5.60 Å². The first-order valence-electron chi connectivity index (χ1n) is 6.19. The second-order valence-electron chi connectivity index (χ2n) is 5.41. The molecule has 0 unspecified atom stereocenters. The number of hydrogen-bond acceptors (Lipinski definition) is 2. The van der Waals surface area contributed by atoms with Crippen molar-refractivity contribution in [3.05, 3.63) is 10.2 Å². The molecule has 1 heterocycles. The minimum absolute atomic E-state index is 0.154. The lowest BCUT2D eigenvalue weighted by Gasteiger charge is -2.28. The van der Waals surface area contributed by atoms with E-state index in [0.717, 1.165) is 32.2 Å². The highest BCUT2D eigenvalue weighted by Crippen LogP contribution is 2.24. The maximum absolute atomic E-state index is 12.0. The van der Waals surface area contributed by atoms with Crippen LogP contribution in [-0.4, -0.2) is 29.2 Å². The predicted octanol–water partition coefficient (Wildman–Crippen LogP) is 4.11. The number of carbonyl (C=O) groups is 1. The third kappa shape index (κ3) is 5.27. The maximum Gasteiger partial charge on any atom is 0.410 e. The fourth-order valence-corrected chi connectivity index (χ4v) is 2.41. The van der Waals surface area contributed by atoms with Gasteiger partial charge in [0.25, 0.3) is 0 Å². The Morgan fingerprint density at radius 1 is 1.53 bits per heavy atom. The van der Waals surface area contributed by atoms with Crippen molar-refractivity contribution in [3.63, 3.8) is 0 Å². The molecular formula is C13H22INO2. The standard InChI is InChI=1S/C13H22INO2/c1-13(2,3)17-12(16)15-10-6-8-11(15)7-4-5-9-14/h5,9,11H,4,6-8,10H2,1-3H3/b9-5+/t11-/m0/s1. The summed E-state index contributed by atoms with van der Waals surface area (Å²) in [6.45, 7) is 6.58. The molecule has 1 amide bonds. The van der Waals surface area contributed by atoms with E-state index >= 15 is 0 Å². The lowest BCUT2D eigenvalue weighted by Crippen LogP contribution is -2.39. The molecule has 0 aromatic heterocycles. The predicted molar refractivity (Wildman–Crippen MR) is 78.4 cm³/mol. The second kappa shape index (κ2) is 6.61. The number of rotatable bonds is 3. The van der Waals surface area contributed by atoms with Crippen molar-refractivity contribution in [2.45, 2.75) is 58.1 Å². The zero-order valence-corrected chi connectivity index (χ0v) is 13.1. The summed E-state index contributed by atoms with van der Waals surface area (Å²) in [5.74, 6) is 0. The fraction of sp³-hybridized carbons (Fsp3) is 0.769. The van der Waals surface area contributed by atoms with E-state index in [4.69, 9.17) is 4.74 Å². The van der Waals surface area contributed by atoms with Crippen LogP contribution in [0, 0.1) is 0 Å². The number of halogens is 1. The largest absolute Gasteiger partial charge is 0.444 e. The molecule has 0 spiro atoms. The van der Waals surface area contributed by atoms with Gasteiger partial charge in [-0.2, -0.15) is 0 Å². The van der Waals surface area contributed by atoms with Gasteiger partial charge in [0.2, 0.25) is 0 Å². The SMILES string of the molecule is CC(C)(C)OC(=O)N1CCC[C@@H]1CC/C=C/I. The number of amides is 1. The summed E-state index contributed by atoms with van der Waals surface area (Å²) in [4.78, 5) is 13.9. The number of carbonyl (C=O) groups excluding carboxylic acids is 1. The van der Waals surface area contributed by atoms with Crippen LogP contribution in [0.2, 0.25) is 0 Å². The molecule has 1 atom stereocenters. The van der Waals surface area contributed by atoms with Crippen molar-refractivity contribution in [3.8, 4) is 0 Å². The van der Waals surface area contributed by atoms with Gasteiger partial charge < -0.3 is 9.64 Å². The van der Waals surface area contributed by atoms with Crippen LogP contribution in [0.5, 0.6) is 0 Å². The van der Waals surface area contributed by atoms with Crippen molar-refractivity contribution in [2.75, 3.05) is 6.54 Å². The number of nitrogens with zero attached hydrogens (tertiary/aromatic N) is 1. The van der Waals surface area contributed by atoms with Crippen LogP contribution < -0.4 is 0 Å². The van der Waals surface area contributed by atoms with Crippen LogP contribution >= 0.6 is 22.6 Å². The first kappa shape index (κ1) is 14.8. The average molecular weight is 351 g/mol. The van der Waals surface area contributed by atoms with Gasteiger partial charge in [-0.15, -0.1) is 0 Å². The lowest BCUT2D eigenvalue weighted by molar-refractivity contribution is 0.0221. The van der Waals surface area contributed by atoms with E-state index in [0.29, 0.717) is 6.04 Å². The van der Waals surface area contributed by atoms with E-state index in [2.05, 4.69) is 28.7 Å². The third-order valence-electron chi connectivity index (χ3n) is 2.76. The zero-order chi connectivity index (χ0) is 12.9. The maximum atomic E-state index is 12.0. The Morgan fingerprint density at radius 3 is 2.82 bits per heavy atom. The quantitative estimate of drug-likeness (QED) is 0.716. The Kier molecular flexibility index (Phi) is 5.76. The van der Waals surface area contributed by atoms with Crippen LogP contribution in [0.1, 0.15) is 46.5 Å². The van der Waals surface area contributed by atoms with Gasteiger partial charge in [-0.25, -0.2) is 4.79 Å². The van der Waals surface area contributed by atoms with Crippen LogP contribution in [-0.2, 0) is 4.74 Å². The molecule has 1 fully saturated rings. The molecule has 1 aliphatic heterocycles. The molecule has 0 radical (unpaired) electrons. The highest BCUT2D eigenvalue weighted by Gasteiger charge is 2.31. The van der Waals surface area contributed by atoms with Crippen molar-refractivity contribution < 1.29 is 9.53 Å². The van der Waals surface area contributed by atoms with Gasteiger partial charge >= 0.3 is 6.09 Å². The molecule has 3 nitrogen and oxygen atoms in total. The van der Waals surface area contributed by atoms with Gasteiger partial charge in [-0.05, 0) is 50.5 Å². The monoisotopic (exact) mass is 351 g/mol. The highest BCUT2D eigenvalue weighted by molar-refractivity contribution is 14.1. The summed E-state index contributed by atoms with van der Waals surface area (Å²) in [7, 11) is 0. The molecule has 0 aromatic carbocycles. The minimum Gasteiger partial charge on any atom is -0.444 e. The fourth-order valence-electron chi connectivity index (χ4n) is 2.05. The average Bonchev–Trinajstić information content (AvgIpc) is 2.64. The van der Waals surface area contributed by atoms with Crippen LogP contribution in [0.4, 0.5) is 4.79 Å². The molecule has 0 aliphatic carbocycles. The first-order chi connectivity index (χ1) is 7.94.